The van der Waals surface area contributed by atoms with Crippen molar-refractivity contribution in [3.05, 3.63) is 59.4 Å². The minimum absolute atomic E-state index is 0.0360. The van der Waals surface area contributed by atoms with Crippen molar-refractivity contribution in [2.24, 2.45) is 5.41 Å². The molecule has 0 fully saturated rings. The van der Waals surface area contributed by atoms with Crippen LogP contribution in [-0.4, -0.2) is 24.1 Å². The molecule has 3 heterocycles. The Morgan fingerprint density at radius 2 is 1.60 bits per heavy atom. The zero-order valence-corrected chi connectivity index (χ0v) is 18.1. The Kier molecular flexibility index (Phi) is 6.14. The fourth-order valence-electron chi connectivity index (χ4n) is 5.06. The highest BCUT2D eigenvalue weighted by atomic mass is 35.7. The van der Waals surface area contributed by atoms with Crippen LogP contribution in [0.4, 0.5) is 0 Å². The highest BCUT2D eigenvalue weighted by Gasteiger charge is 2.71. The van der Waals surface area contributed by atoms with Crippen LogP contribution in [0.5, 0.6) is 5.75 Å². The van der Waals surface area contributed by atoms with Crippen molar-refractivity contribution in [1.29, 1.82) is 0 Å². The fraction of sp³-hybridized carbons (Fsp3) is 0.476. The highest BCUT2D eigenvalue weighted by Crippen LogP contribution is 2.63. The van der Waals surface area contributed by atoms with Crippen LogP contribution in [0.1, 0.15) is 56.5 Å². The number of halogens is 1. The Bertz CT molecular complexity index is 900. The molecule has 164 valence electrons. The Labute approximate surface area is 177 Å². The van der Waals surface area contributed by atoms with Crippen LogP contribution < -0.4 is 23.2 Å². The van der Waals surface area contributed by atoms with Gasteiger partial charge in [-0.1, -0.05) is 18.2 Å². The predicted octanol–water partition coefficient (Wildman–Crippen LogP) is -1.23. The molecule has 3 aliphatic rings. The van der Waals surface area contributed by atoms with Crippen molar-refractivity contribution in [1.82, 2.24) is 0 Å². The van der Waals surface area contributed by atoms with E-state index in [1.165, 1.54) is 0 Å². The Morgan fingerprint density at radius 1 is 1.00 bits per heavy atom. The van der Waals surface area contributed by atoms with Gasteiger partial charge in [0.25, 0.3) is 0 Å². The Hall–Kier alpha value is -1.78. The molecule has 9 heteroatoms. The van der Waals surface area contributed by atoms with Crippen molar-refractivity contribution in [3.63, 3.8) is 0 Å². The van der Waals surface area contributed by atoms with Crippen LogP contribution in [0.25, 0.3) is 0 Å². The number of phenols is 1. The molecule has 2 atom stereocenters. The molecular weight excluding hydrogens is 414 g/mol. The molecular formula is C21H26ClNO7. The summed E-state index contributed by atoms with van der Waals surface area (Å²) < 4.78 is 49.1. The van der Waals surface area contributed by atoms with Gasteiger partial charge >= 0.3 is 0 Å². The molecule has 1 aliphatic carbocycles. The first-order valence-corrected chi connectivity index (χ1v) is 10.9. The first kappa shape index (κ1) is 22.9. The summed E-state index contributed by atoms with van der Waals surface area (Å²) in [5, 5.41) is 10.7. The van der Waals surface area contributed by atoms with Crippen molar-refractivity contribution in [3.8, 4) is 5.75 Å². The summed E-state index contributed by atoms with van der Waals surface area (Å²) in [6.07, 6.45) is 2.13. The first-order valence-electron chi connectivity index (χ1n) is 9.71. The number of aromatic hydroxyl groups is 1. The Balaban J connectivity index is 0.000000461. The number of rotatable bonds is 4. The normalized spacial score (nSPS) is 22.5. The van der Waals surface area contributed by atoms with E-state index in [4.69, 9.17) is 28.1 Å². The average Bonchev–Trinajstić information content (AvgIpc) is 2.63. The van der Waals surface area contributed by atoms with E-state index in [-0.39, 0.29) is 17.4 Å². The minimum atomic E-state index is -4.94. The molecule has 0 saturated carbocycles. The van der Waals surface area contributed by atoms with Crippen molar-refractivity contribution < 1.29 is 48.0 Å². The topological polar surface area (TPSA) is 135 Å². The van der Waals surface area contributed by atoms with Crippen molar-refractivity contribution in [2.45, 2.75) is 45.4 Å². The summed E-state index contributed by atoms with van der Waals surface area (Å²) in [6, 6.07) is 12.1. The van der Waals surface area contributed by atoms with Gasteiger partial charge in [-0.15, -0.1) is 10.2 Å². The van der Waals surface area contributed by atoms with Crippen LogP contribution in [-0.2, 0) is 9.47 Å². The van der Waals surface area contributed by atoms with E-state index in [0.717, 1.165) is 16.8 Å². The largest absolute Gasteiger partial charge is 0.508 e. The van der Waals surface area contributed by atoms with Gasteiger partial charge in [-0.05, 0) is 33.8 Å². The molecule has 2 aromatic rings. The smallest absolute Gasteiger partial charge is 0.197 e. The van der Waals surface area contributed by atoms with Gasteiger partial charge in [-0.2, -0.15) is 4.57 Å². The van der Waals surface area contributed by atoms with Crippen molar-refractivity contribution >= 4 is 0 Å². The molecule has 1 aromatic carbocycles. The molecule has 8 nitrogen and oxygen atoms in total. The molecule has 0 amide bonds. The number of hydrogen-bond acceptors (Lipinski definition) is 7. The monoisotopic (exact) mass is 439 g/mol. The van der Waals surface area contributed by atoms with Gasteiger partial charge in [0.05, 0.1) is 5.41 Å². The van der Waals surface area contributed by atoms with Gasteiger partial charge in [0, 0.05) is 36.5 Å². The zero-order chi connectivity index (χ0) is 22.3. The third-order valence-electron chi connectivity index (χ3n) is 5.88. The van der Waals surface area contributed by atoms with E-state index in [0.29, 0.717) is 19.0 Å². The van der Waals surface area contributed by atoms with Crippen LogP contribution in [0, 0.1) is 15.7 Å². The van der Waals surface area contributed by atoms with Crippen molar-refractivity contribution in [2.75, 3.05) is 13.2 Å². The summed E-state index contributed by atoms with van der Waals surface area (Å²) in [5.74, 6) is -0.666. The molecule has 2 aliphatic heterocycles. The zero-order valence-electron chi connectivity index (χ0n) is 17.3. The molecule has 0 radical (unpaired) electrons. The number of ether oxygens (including phenoxy) is 2. The molecule has 1 N–H and O–H groups in total. The summed E-state index contributed by atoms with van der Waals surface area (Å²) in [7, 11) is -4.94. The molecule has 30 heavy (non-hydrogen) atoms. The van der Waals surface area contributed by atoms with E-state index in [1.807, 2.05) is 26.0 Å². The number of nitrogens with zero attached hydrogens (tertiary/aromatic N) is 1. The molecule has 2 bridgehead atoms. The second-order valence-electron chi connectivity index (χ2n) is 7.78. The molecule has 0 saturated heterocycles. The first-order chi connectivity index (χ1) is 14.0. The number of phenolic OH excluding ortho intramolecular Hbond substituents is 1. The lowest BCUT2D eigenvalue weighted by Crippen LogP contribution is -2.71. The maximum atomic E-state index is 10.7. The summed E-state index contributed by atoms with van der Waals surface area (Å²) >= 11 is 0. The predicted molar refractivity (Wildman–Crippen MR) is 94.5 cm³/mol. The van der Waals surface area contributed by atoms with E-state index >= 15 is 0 Å². The van der Waals surface area contributed by atoms with Crippen LogP contribution in [0.15, 0.2) is 42.6 Å². The average molecular weight is 440 g/mol. The van der Waals surface area contributed by atoms with Gasteiger partial charge in [0.2, 0.25) is 0 Å². The summed E-state index contributed by atoms with van der Waals surface area (Å²) in [6.45, 7) is 9.55. The van der Waals surface area contributed by atoms with E-state index < -0.39 is 16.0 Å². The third-order valence-corrected chi connectivity index (χ3v) is 5.88. The maximum Gasteiger partial charge on any atom is 0.197 e. The lowest BCUT2D eigenvalue weighted by Gasteiger charge is -2.57. The lowest BCUT2D eigenvalue weighted by atomic mass is 9.57. The number of hydrogen-bond donors (Lipinski definition) is 1. The van der Waals surface area contributed by atoms with E-state index in [1.54, 1.807) is 6.07 Å². The number of aromatic nitrogens is 1. The number of benzene rings is 1. The van der Waals surface area contributed by atoms with Crippen LogP contribution >= 0.6 is 0 Å². The maximum absolute atomic E-state index is 10.7. The van der Waals surface area contributed by atoms with Gasteiger partial charge in [-0.25, -0.2) is 18.6 Å². The summed E-state index contributed by atoms with van der Waals surface area (Å²) in [4.78, 5) is 0. The molecule has 0 spiro atoms. The van der Waals surface area contributed by atoms with E-state index in [9.17, 15) is 5.11 Å². The quantitative estimate of drug-likeness (QED) is 0.465. The van der Waals surface area contributed by atoms with Gasteiger partial charge in [0.15, 0.2) is 23.7 Å². The van der Waals surface area contributed by atoms with Crippen LogP contribution in [0.3, 0.4) is 0 Å². The Morgan fingerprint density at radius 3 is 2.17 bits per heavy atom. The third kappa shape index (κ3) is 3.58. The summed E-state index contributed by atoms with van der Waals surface area (Å²) in [5.41, 5.74) is 2.93. The second-order valence-corrected chi connectivity index (χ2v) is 8.54. The highest BCUT2D eigenvalue weighted by molar-refractivity contribution is 5.52. The minimum Gasteiger partial charge on any atom is -0.508 e. The van der Waals surface area contributed by atoms with Gasteiger partial charge in [0.1, 0.15) is 11.7 Å². The lowest BCUT2D eigenvalue weighted by molar-refractivity contribution is -2.00. The van der Waals surface area contributed by atoms with E-state index in [2.05, 4.69) is 42.8 Å². The number of pyridine rings is 1. The molecule has 1 aromatic heterocycles. The standard InChI is InChI=1S/C21H25NO3.ClHO4/c1-5-24-21(25-6-2)18-15-11-7-8-13-22(15)19(20(21,3)4)14-10-9-12-16(23)17(14)18;2-1(3,4)5/h7-13,18-19H,5-6H2,1-4H3;(H,2,3,4,5)/t18-,19+;/m1./s1. The molecule has 0 unspecified atom stereocenters. The number of fused-ring (bicyclic) bond motifs is 1. The van der Waals surface area contributed by atoms with Gasteiger partial charge < -0.3 is 14.6 Å². The SMILES string of the molecule is CCOC1(OCC)[C@H]2c3c(O)cccc3[C@H]([n+]3ccccc32)C1(C)C.[O-][Cl+3]([O-])([O-])[O-]. The van der Waals surface area contributed by atoms with Crippen LogP contribution in [0.2, 0.25) is 0 Å². The second kappa shape index (κ2) is 8.05. The fourth-order valence-corrected chi connectivity index (χ4v) is 5.06. The van der Waals surface area contributed by atoms with Gasteiger partial charge in [-0.3, -0.25) is 0 Å². The molecule has 5 rings (SSSR count).